The zero-order chi connectivity index (χ0) is 16.0. The Morgan fingerprint density at radius 1 is 0.750 bits per heavy atom. The van der Waals surface area contributed by atoms with Crippen LogP contribution >= 0.6 is 0 Å². The molecule has 0 radical (unpaired) electrons. The summed E-state index contributed by atoms with van der Waals surface area (Å²) in [6.45, 7) is 6.65. The summed E-state index contributed by atoms with van der Waals surface area (Å²) in [7, 11) is -1.81. The van der Waals surface area contributed by atoms with Crippen LogP contribution in [0.3, 0.4) is 0 Å². The molecule has 4 nitrogen and oxygen atoms in total. The molecule has 1 aromatic carbocycles. The molecule has 0 bridgehead atoms. The molecule has 24 heavy (non-hydrogen) atoms. The van der Waals surface area contributed by atoms with Crippen molar-refractivity contribution in [3.05, 3.63) is 30.3 Å². The van der Waals surface area contributed by atoms with Gasteiger partial charge in [0.15, 0.2) is 8.32 Å². The quantitative estimate of drug-likeness (QED) is 0.569. The molecular weight excluding hydrogens is 400 g/mol. The molecule has 0 aliphatic carbocycles. The summed E-state index contributed by atoms with van der Waals surface area (Å²) in [6, 6.07) is 12.1. The first-order valence-corrected chi connectivity index (χ1v) is 11.1. The molecule has 142 valence electrons. The maximum absolute atomic E-state index is 10.5. The first-order chi connectivity index (χ1) is 10.1. The summed E-state index contributed by atoms with van der Waals surface area (Å²) in [5.41, 5.74) is 0. The maximum atomic E-state index is 10.5. The molecule has 0 saturated heterocycles. The van der Waals surface area contributed by atoms with Gasteiger partial charge in [0.1, 0.15) is 5.75 Å². The molecular formula is C18H38O4SiZr. The minimum absolute atomic E-state index is 0. The Hall–Kier alpha value is -0.000000000000000222. The average Bonchev–Trinajstić information content (AvgIpc) is 2.51. The molecule has 0 unspecified atom stereocenters. The number of para-hydroxylation sites is 1. The predicted octanol–water partition coefficient (Wildman–Crippen LogP) is 4.06. The first-order valence-electron chi connectivity index (χ1n) is 8.54. The Morgan fingerprint density at radius 2 is 1.08 bits per heavy atom. The van der Waals surface area contributed by atoms with Gasteiger partial charge in [-0.25, -0.2) is 0 Å². The van der Waals surface area contributed by atoms with E-state index in [1.165, 1.54) is 38.5 Å². The number of unbranched alkanes of at least 4 members (excludes halogenated alkanes) is 3. The fourth-order valence-corrected chi connectivity index (χ4v) is 6.11. The fraction of sp³-hybridized carbons (Fsp3) is 0.667. The number of benzene rings is 1. The van der Waals surface area contributed by atoms with Crippen LogP contribution in [0.5, 0.6) is 5.75 Å². The molecule has 6 N–H and O–H groups in total. The molecule has 0 amide bonds. The van der Waals surface area contributed by atoms with Gasteiger partial charge in [-0.3, -0.25) is 0 Å². The van der Waals surface area contributed by atoms with Crippen LogP contribution in [-0.2, 0) is 26.2 Å². The SMILES string of the molecule is CCCC[Si](O)(CCCC)CCCC.O.O.Oc1ccccc1.[Zr]. The molecule has 0 spiro atoms. The van der Waals surface area contributed by atoms with E-state index in [4.69, 9.17) is 5.11 Å². The number of aromatic hydroxyl groups is 1. The van der Waals surface area contributed by atoms with Gasteiger partial charge in [-0.1, -0.05) is 77.5 Å². The van der Waals surface area contributed by atoms with E-state index < -0.39 is 8.32 Å². The Balaban J connectivity index is -0.000000171. The second-order valence-corrected chi connectivity index (χ2v) is 9.82. The Morgan fingerprint density at radius 3 is 1.29 bits per heavy atom. The molecule has 0 aliphatic heterocycles. The summed E-state index contributed by atoms with van der Waals surface area (Å²) in [5.74, 6) is 0.322. The Kier molecular flexibility index (Phi) is 27.8. The zero-order valence-corrected chi connectivity index (χ0v) is 19.1. The van der Waals surface area contributed by atoms with Gasteiger partial charge >= 0.3 is 0 Å². The smallest absolute Gasteiger partial charge is 0.188 e. The van der Waals surface area contributed by atoms with Crippen LogP contribution < -0.4 is 0 Å². The Bertz CT molecular complexity index is 317. The van der Waals surface area contributed by atoms with Gasteiger partial charge < -0.3 is 20.9 Å². The van der Waals surface area contributed by atoms with Crippen molar-refractivity contribution >= 4 is 8.32 Å². The zero-order valence-electron chi connectivity index (χ0n) is 15.6. The molecule has 0 fully saturated rings. The van der Waals surface area contributed by atoms with E-state index >= 15 is 0 Å². The normalized spacial score (nSPS) is 9.50. The topological polar surface area (TPSA) is 103 Å². The van der Waals surface area contributed by atoms with Gasteiger partial charge in [0.05, 0.1) is 0 Å². The summed E-state index contributed by atoms with van der Waals surface area (Å²) in [4.78, 5) is 10.5. The number of hydrogen-bond acceptors (Lipinski definition) is 2. The minimum Gasteiger partial charge on any atom is -0.508 e. The van der Waals surface area contributed by atoms with Crippen LogP contribution in [0.2, 0.25) is 18.1 Å². The third kappa shape index (κ3) is 18.3. The van der Waals surface area contributed by atoms with Crippen molar-refractivity contribution in [2.24, 2.45) is 0 Å². The Labute approximate surface area is 168 Å². The standard InChI is InChI=1S/C12H28OSi.C6H6O.2H2O.Zr/c1-4-7-10-14(13,11-8-5-2)12-9-6-3;7-6-4-2-1-3-5-6;;;/h13H,4-12H2,1-3H3;1-5,7H;2*1H2;. The number of phenols is 1. The predicted molar refractivity (Wildman–Crippen MR) is 102 cm³/mol. The largest absolute Gasteiger partial charge is 0.508 e. The molecule has 0 saturated carbocycles. The van der Waals surface area contributed by atoms with Crippen LogP contribution in [0.15, 0.2) is 30.3 Å². The molecule has 0 heterocycles. The van der Waals surface area contributed by atoms with E-state index in [9.17, 15) is 4.80 Å². The van der Waals surface area contributed by atoms with Gasteiger partial charge in [0.25, 0.3) is 0 Å². The number of rotatable bonds is 9. The van der Waals surface area contributed by atoms with Gasteiger partial charge in [0, 0.05) is 26.2 Å². The van der Waals surface area contributed by atoms with Crippen LogP contribution in [-0.4, -0.2) is 29.2 Å². The van der Waals surface area contributed by atoms with Crippen molar-refractivity contribution in [2.45, 2.75) is 77.4 Å². The molecule has 0 aliphatic rings. The van der Waals surface area contributed by atoms with Crippen LogP contribution in [0, 0.1) is 0 Å². The van der Waals surface area contributed by atoms with Crippen molar-refractivity contribution in [1.29, 1.82) is 0 Å². The summed E-state index contributed by atoms with van der Waals surface area (Å²) in [5, 5.41) is 8.63. The molecule has 0 atom stereocenters. The summed E-state index contributed by atoms with van der Waals surface area (Å²) < 4.78 is 0. The van der Waals surface area contributed by atoms with Crippen LogP contribution in [0.25, 0.3) is 0 Å². The molecule has 1 aromatic rings. The second kappa shape index (κ2) is 21.0. The van der Waals surface area contributed by atoms with E-state index in [1.54, 1.807) is 24.3 Å². The second-order valence-electron chi connectivity index (χ2n) is 5.87. The number of hydrogen-bond donors (Lipinski definition) is 2. The van der Waals surface area contributed by atoms with Crippen LogP contribution in [0.4, 0.5) is 0 Å². The van der Waals surface area contributed by atoms with Gasteiger partial charge in [-0.15, -0.1) is 0 Å². The van der Waals surface area contributed by atoms with Crippen molar-refractivity contribution in [3.63, 3.8) is 0 Å². The van der Waals surface area contributed by atoms with E-state index in [0.717, 1.165) is 18.1 Å². The molecule has 1 rings (SSSR count). The van der Waals surface area contributed by atoms with Crippen molar-refractivity contribution < 1.29 is 47.1 Å². The van der Waals surface area contributed by atoms with Crippen molar-refractivity contribution in [3.8, 4) is 5.75 Å². The van der Waals surface area contributed by atoms with Gasteiger partial charge in [-0.05, 0) is 30.3 Å². The molecule has 0 aromatic heterocycles. The maximum Gasteiger partial charge on any atom is 0.188 e. The van der Waals surface area contributed by atoms with E-state index in [1.807, 2.05) is 6.07 Å². The monoisotopic (exact) mass is 436 g/mol. The summed E-state index contributed by atoms with van der Waals surface area (Å²) in [6.07, 6.45) is 7.39. The van der Waals surface area contributed by atoms with Crippen LogP contribution in [0.1, 0.15) is 59.3 Å². The van der Waals surface area contributed by atoms with Gasteiger partial charge in [-0.2, -0.15) is 0 Å². The minimum atomic E-state index is -1.81. The van der Waals surface area contributed by atoms with Crippen molar-refractivity contribution in [2.75, 3.05) is 0 Å². The summed E-state index contributed by atoms with van der Waals surface area (Å²) >= 11 is 0. The average molecular weight is 438 g/mol. The van der Waals surface area contributed by atoms with Gasteiger partial charge in [0.2, 0.25) is 0 Å². The van der Waals surface area contributed by atoms with E-state index in [0.29, 0.717) is 5.75 Å². The third-order valence-electron chi connectivity index (χ3n) is 3.74. The van der Waals surface area contributed by atoms with E-state index in [2.05, 4.69) is 20.8 Å². The third-order valence-corrected chi connectivity index (χ3v) is 7.60. The fourth-order valence-electron chi connectivity index (χ4n) is 2.32. The van der Waals surface area contributed by atoms with Crippen molar-refractivity contribution in [1.82, 2.24) is 0 Å². The first kappa shape index (κ1) is 31.7. The number of phenolic OH excluding ortho intramolecular Hbond substituents is 1. The molecule has 6 heteroatoms. The van der Waals surface area contributed by atoms with E-state index in [-0.39, 0.29) is 37.2 Å².